The summed E-state index contributed by atoms with van der Waals surface area (Å²) in [6.07, 6.45) is 3.67. The Morgan fingerprint density at radius 2 is 2.29 bits per heavy atom. The first-order chi connectivity index (χ1) is 9.95. The summed E-state index contributed by atoms with van der Waals surface area (Å²) in [5, 5.41) is 0.566. The number of aromatic nitrogens is 2. The van der Waals surface area contributed by atoms with Crippen LogP contribution in [-0.4, -0.2) is 24.6 Å². The molecule has 1 aliphatic rings. The highest BCUT2D eigenvalue weighted by Crippen LogP contribution is 2.32. The topological polar surface area (TPSA) is 73.2 Å². The number of halogens is 1. The molecule has 1 aliphatic heterocycles. The van der Waals surface area contributed by atoms with Gasteiger partial charge >= 0.3 is 0 Å². The molecule has 0 saturated heterocycles. The Morgan fingerprint density at radius 3 is 3.00 bits per heavy atom. The number of benzene rings is 1. The van der Waals surface area contributed by atoms with Crippen LogP contribution in [0.25, 0.3) is 0 Å². The molecular weight excluding hydrogens is 314 g/mol. The lowest BCUT2D eigenvalue weighted by molar-refractivity contribution is 0.353. The van der Waals surface area contributed by atoms with Gasteiger partial charge in [0.1, 0.15) is 5.75 Å². The van der Waals surface area contributed by atoms with Gasteiger partial charge in [-0.3, -0.25) is 0 Å². The molecule has 1 N–H and O–H groups in total. The highest BCUT2D eigenvalue weighted by Gasteiger charge is 2.21. The van der Waals surface area contributed by atoms with Crippen LogP contribution in [0.5, 0.6) is 5.75 Å². The van der Waals surface area contributed by atoms with Gasteiger partial charge in [-0.05, 0) is 17.7 Å². The summed E-state index contributed by atoms with van der Waals surface area (Å²) in [5.41, 5.74) is 1.74. The molecular formula is C13H14ClN3O3S. The average molecular weight is 328 g/mol. The van der Waals surface area contributed by atoms with E-state index >= 15 is 0 Å². The first-order valence-corrected chi connectivity index (χ1v) is 8.23. The van der Waals surface area contributed by atoms with Crippen molar-refractivity contribution >= 4 is 21.6 Å². The lowest BCUT2D eigenvalue weighted by atomic mass is 10.1. The van der Waals surface area contributed by atoms with Crippen LogP contribution in [0.3, 0.4) is 0 Å². The molecule has 1 aromatic heterocycles. The van der Waals surface area contributed by atoms with Gasteiger partial charge in [0.15, 0.2) is 5.03 Å². The molecule has 0 atom stereocenters. The van der Waals surface area contributed by atoms with Crippen molar-refractivity contribution in [2.24, 2.45) is 7.05 Å². The molecule has 0 saturated carbocycles. The molecule has 0 bridgehead atoms. The van der Waals surface area contributed by atoms with Crippen molar-refractivity contribution in [1.82, 2.24) is 14.3 Å². The normalized spacial score (nSPS) is 14.0. The van der Waals surface area contributed by atoms with Crippen molar-refractivity contribution in [3.8, 4) is 5.75 Å². The van der Waals surface area contributed by atoms with E-state index in [9.17, 15) is 8.42 Å². The second kappa shape index (κ2) is 5.32. The van der Waals surface area contributed by atoms with Gasteiger partial charge in [-0.1, -0.05) is 11.6 Å². The fourth-order valence-corrected chi connectivity index (χ4v) is 3.50. The van der Waals surface area contributed by atoms with Crippen molar-refractivity contribution < 1.29 is 13.2 Å². The van der Waals surface area contributed by atoms with E-state index in [2.05, 4.69) is 9.71 Å². The van der Waals surface area contributed by atoms with Gasteiger partial charge in [-0.2, -0.15) is 0 Å². The molecule has 1 aromatic carbocycles. The lowest BCUT2D eigenvalue weighted by Gasteiger charge is -2.10. The molecule has 0 unspecified atom stereocenters. The predicted octanol–water partition coefficient (Wildman–Crippen LogP) is 1.49. The molecule has 8 heteroatoms. The monoisotopic (exact) mass is 327 g/mol. The summed E-state index contributed by atoms with van der Waals surface area (Å²) in [5.74, 6) is 0.725. The number of hydrogen-bond donors (Lipinski definition) is 1. The molecule has 0 aliphatic carbocycles. The van der Waals surface area contributed by atoms with Crippen LogP contribution < -0.4 is 9.46 Å². The summed E-state index contributed by atoms with van der Waals surface area (Å²) in [6.45, 7) is 0.706. The standard InChI is InChI=1S/C13H14ClN3O3S/c1-17-7-12(15-8-17)21(18,19)16-6-10-5-11(14)4-9-2-3-20-13(9)10/h4-5,7-8,16H,2-3,6H2,1H3. The van der Waals surface area contributed by atoms with E-state index in [1.54, 1.807) is 17.7 Å². The molecule has 3 rings (SSSR count). The molecule has 0 amide bonds. The second-order valence-electron chi connectivity index (χ2n) is 4.85. The van der Waals surface area contributed by atoms with E-state index in [-0.39, 0.29) is 11.6 Å². The number of nitrogens with one attached hydrogen (secondary N) is 1. The highest BCUT2D eigenvalue weighted by atomic mass is 35.5. The van der Waals surface area contributed by atoms with Crippen LogP contribution in [0.1, 0.15) is 11.1 Å². The minimum atomic E-state index is -3.65. The molecule has 0 fully saturated rings. The zero-order chi connectivity index (χ0) is 15.0. The van der Waals surface area contributed by atoms with E-state index in [0.717, 1.165) is 23.3 Å². The zero-order valence-electron chi connectivity index (χ0n) is 11.3. The third-order valence-corrected chi connectivity index (χ3v) is 4.74. The molecule has 2 aromatic rings. The van der Waals surface area contributed by atoms with Crippen LogP contribution in [0.2, 0.25) is 5.02 Å². The number of nitrogens with zero attached hydrogens (tertiary/aromatic N) is 2. The van der Waals surface area contributed by atoms with Crippen molar-refractivity contribution in [3.63, 3.8) is 0 Å². The van der Waals surface area contributed by atoms with Crippen molar-refractivity contribution in [2.45, 2.75) is 18.0 Å². The van der Waals surface area contributed by atoms with Gasteiger partial charge in [0.25, 0.3) is 10.0 Å². The minimum absolute atomic E-state index is 0.00964. The third-order valence-electron chi connectivity index (χ3n) is 3.23. The van der Waals surface area contributed by atoms with E-state index < -0.39 is 10.0 Å². The molecule has 0 radical (unpaired) electrons. The van der Waals surface area contributed by atoms with Gasteiger partial charge in [0.05, 0.1) is 12.9 Å². The van der Waals surface area contributed by atoms with Gasteiger partial charge in [-0.15, -0.1) is 0 Å². The van der Waals surface area contributed by atoms with Crippen molar-refractivity contribution in [3.05, 3.63) is 40.8 Å². The second-order valence-corrected chi connectivity index (χ2v) is 7.00. The minimum Gasteiger partial charge on any atom is -0.493 e. The number of sulfonamides is 1. The average Bonchev–Trinajstić information content (AvgIpc) is 3.04. The smallest absolute Gasteiger partial charge is 0.259 e. The van der Waals surface area contributed by atoms with E-state index in [1.165, 1.54) is 12.5 Å². The SMILES string of the molecule is Cn1cnc(S(=O)(=O)NCc2cc(Cl)cc3c2OCC3)c1. The predicted molar refractivity (Wildman–Crippen MR) is 77.9 cm³/mol. The Morgan fingerprint density at radius 1 is 1.48 bits per heavy atom. The Kier molecular flexibility index (Phi) is 3.64. The quantitative estimate of drug-likeness (QED) is 0.923. The van der Waals surface area contributed by atoms with Crippen molar-refractivity contribution in [1.29, 1.82) is 0 Å². The molecule has 112 valence electrons. The van der Waals surface area contributed by atoms with Crippen LogP contribution in [-0.2, 0) is 30.0 Å². The summed E-state index contributed by atoms with van der Waals surface area (Å²) < 4.78 is 33.9. The number of rotatable bonds is 4. The van der Waals surface area contributed by atoms with Crippen LogP contribution >= 0.6 is 11.6 Å². The molecule has 6 nitrogen and oxygen atoms in total. The Hall–Kier alpha value is -1.57. The molecule has 0 spiro atoms. The third kappa shape index (κ3) is 2.90. The van der Waals surface area contributed by atoms with Crippen LogP contribution in [0.4, 0.5) is 0 Å². The Bertz CT molecular complexity index is 786. The maximum Gasteiger partial charge on any atom is 0.259 e. The Labute approximate surface area is 127 Å². The van der Waals surface area contributed by atoms with Gasteiger partial charge in [0.2, 0.25) is 0 Å². The van der Waals surface area contributed by atoms with Gasteiger partial charge in [-0.25, -0.2) is 18.1 Å². The maximum absolute atomic E-state index is 12.1. The fraction of sp³-hybridized carbons (Fsp3) is 0.308. The number of ether oxygens (including phenoxy) is 1. The van der Waals surface area contributed by atoms with Gasteiger partial charge in [0, 0.05) is 36.8 Å². The first-order valence-electron chi connectivity index (χ1n) is 6.37. The van der Waals surface area contributed by atoms with Gasteiger partial charge < -0.3 is 9.30 Å². The van der Waals surface area contributed by atoms with E-state index in [0.29, 0.717) is 11.6 Å². The zero-order valence-corrected chi connectivity index (χ0v) is 12.9. The number of aryl methyl sites for hydroxylation is 1. The van der Waals surface area contributed by atoms with Crippen LogP contribution in [0.15, 0.2) is 29.7 Å². The van der Waals surface area contributed by atoms with E-state index in [4.69, 9.17) is 16.3 Å². The summed E-state index contributed by atoms with van der Waals surface area (Å²) in [4.78, 5) is 3.84. The number of hydrogen-bond acceptors (Lipinski definition) is 4. The van der Waals surface area contributed by atoms with Crippen LogP contribution in [0, 0.1) is 0 Å². The lowest BCUT2D eigenvalue weighted by Crippen LogP contribution is -2.23. The summed E-state index contributed by atoms with van der Waals surface area (Å²) in [7, 11) is -1.94. The largest absolute Gasteiger partial charge is 0.493 e. The number of fused-ring (bicyclic) bond motifs is 1. The summed E-state index contributed by atoms with van der Waals surface area (Å²) in [6, 6.07) is 3.56. The Balaban J connectivity index is 1.82. The highest BCUT2D eigenvalue weighted by molar-refractivity contribution is 7.89. The number of imidazole rings is 1. The molecule has 2 heterocycles. The maximum atomic E-state index is 12.1. The summed E-state index contributed by atoms with van der Waals surface area (Å²) >= 11 is 6.05. The fourth-order valence-electron chi connectivity index (χ4n) is 2.25. The first kappa shape index (κ1) is 14.4. The molecule has 21 heavy (non-hydrogen) atoms. The van der Waals surface area contributed by atoms with E-state index in [1.807, 2.05) is 6.07 Å². The van der Waals surface area contributed by atoms with Crippen molar-refractivity contribution in [2.75, 3.05) is 6.61 Å².